The Bertz CT molecular complexity index is 573. The Morgan fingerprint density at radius 2 is 1.48 bits per heavy atom. The summed E-state index contributed by atoms with van der Waals surface area (Å²) in [4.78, 5) is 2.48. The Labute approximate surface area is 139 Å². The van der Waals surface area contributed by atoms with Crippen LogP contribution in [0.25, 0.3) is 0 Å². The van der Waals surface area contributed by atoms with Crippen molar-refractivity contribution in [3.63, 3.8) is 0 Å². The first-order valence-corrected chi connectivity index (χ1v) is 8.84. The van der Waals surface area contributed by atoms with Gasteiger partial charge in [0.2, 0.25) is 0 Å². The smallest absolute Gasteiger partial charge is 0.0802 e. The molecule has 1 N–H and O–H groups in total. The van der Waals surface area contributed by atoms with Gasteiger partial charge in [-0.2, -0.15) is 0 Å². The van der Waals surface area contributed by atoms with Crippen LogP contribution in [0.5, 0.6) is 0 Å². The number of benzene rings is 2. The van der Waals surface area contributed by atoms with Gasteiger partial charge in [-0.25, -0.2) is 0 Å². The maximum absolute atomic E-state index is 10.4. The third kappa shape index (κ3) is 4.92. The van der Waals surface area contributed by atoms with Crippen LogP contribution in [0, 0.1) is 0 Å². The van der Waals surface area contributed by atoms with Gasteiger partial charge in [0, 0.05) is 6.54 Å². The van der Waals surface area contributed by atoms with Gasteiger partial charge < -0.3 is 10.0 Å². The molecule has 1 atom stereocenters. The van der Waals surface area contributed by atoms with Crippen LogP contribution in [0.4, 0.5) is 0 Å². The number of rotatable bonds is 6. The molecule has 122 valence electrons. The largest absolute Gasteiger partial charge is 0.388 e. The molecule has 0 bridgehead atoms. The maximum atomic E-state index is 10.4. The molecular weight excluding hydrogens is 282 g/mol. The van der Waals surface area contributed by atoms with Gasteiger partial charge in [-0.05, 0) is 55.5 Å². The monoisotopic (exact) mass is 309 g/mol. The van der Waals surface area contributed by atoms with Crippen molar-refractivity contribution < 1.29 is 5.11 Å². The quantitative estimate of drug-likeness (QED) is 0.865. The zero-order valence-corrected chi connectivity index (χ0v) is 13.8. The molecule has 0 aromatic heterocycles. The number of aliphatic hydroxyl groups excluding tert-OH is 1. The van der Waals surface area contributed by atoms with Gasteiger partial charge in [-0.15, -0.1) is 0 Å². The molecule has 2 aromatic rings. The molecule has 0 aliphatic carbocycles. The predicted octanol–water partition coefficient (Wildman–Crippen LogP) is 4.19. The molecule has 1 fully saturated rings. The summed E-state index contributed by atoms with van der Waals surface area (Å²) in [5.74, 6) is 0. The lowest BCUT2D eigenvalue weighted by atomic mass is 10.0. The Morgan fingerprint density at radius 1 is 0.826 bits per heavy atom. The SMILES string of the molecule is OC(CCN1CCCCC1)c1ccc(Cc2ccccc2)cc1. The van der Waals surface area contributed by atoms with Gasteiger partial charge in [-0.1, -0.05) is 61.0 Å². The first-order chi connectivity index (χ1) is 11.3. The van der Waals surface area contributed by atoms with Crippen molar-refractivity contribution in [2.75, 3.05) is 19.6 Å². The highest BCUT2D eigenvalue weighted by molar-refractivity contribution is 5.29. The Hall–Kier alpha value is -1.64. The molecular formula is C21H27NO. The summed E-state index contributed by atoms with van der Waals surface area (Å²) in [5, 5.41) is 10.4. The summed E-state index contributed by atoms with van der Waals surface area (Å²) in [6.07, 6.45) is 5.42. The Kier molecular flexibility index (Phi) is 5.84. The fourth-order valence-electron chi connectivity index (χ4n) is 3.34. The van der Waals surface area contributed by atoms with E-state index in [1.165, 1.54) is 43.5 Å². The molecule has 0 saturated carbocycles. The Balaban J connectivity index is 1.51. The van der Waals surface area contributed by atoms with Crippen LogP contribution in [0.3, 0.4) is 0 Å². The average Bonchev–Trinajstić information content (AvgIpc) is 2.62. The fourth-order valence-corrected chi connectivity index (χ4v) is 3.34. The minimum absolute atomic E-state index is 0.345. The standard InChI is InChI=1S/C21H27NO/c23-21(13-16-22-14-5-2-6-15-22)20-11-9-19(10-12-20)17-18-7-3-1-4-8-18/h1,3-4,7-12,21,23H,2,5-6,13-17H2. The van der Waals surface area contributed by atoms with Gasteiger partial charge >= 0.3 is 0 Å². The third-order valence-corrected chi connectivity index (χ3v) is 4.78. The molecule has 0 amide bonds. The predicted molar refractivity (Wildman–Crippen MR) is 95.6 cm³/mol. The van der Waals surface area contributed by atoms with Crippen LogP contribution in [0.2, 0.25) is 0 Å². The minimum atomic E-state index is -0.345. The van der Waals surface area contributed by atoms with Crippen LogP contribution >= 0.6 is 0 Å². The van der Waals surface area contributed by atoms with E-state index in [-0.39, 0.29) is 6.10 Å². The molecule has 0 radical (unpaired) electrons. The summed E-state index contributed by atoms with van der Waals surface area (Å²) in [7, 11) is 0. The molecule has 0 spiro atoms. The molecule has 1 saturated heterocycles. The minimum Gasteiger partial charge on any atom is -0.388 e. The molecule has 2 nitrogen and oxygen atoms in total. The van der Waals surface area contributed by atoms with E-state index in [1.807, 2.05) is 6.07 Å². The van der Waals surface area contributed by atoms with Gasteiger partial charge in [0.05, 0.1) is 6.10 Å². The van der Waals surface area contributed by atoms with Crippen molar-refractivity contribution in [3.05, 3.63) is 71.3 Å². The summed E-state index contributed by atoms with van der Waals surface area (Å²) >= 11 is 0. The van der Waals surface area contributed by atoms with E-state index in [0.29, 0.717) is 0 Å². The lowest BCUT2D eigenvalue weighted by Crippen LogP contribution is -2.31. The van der Waals surface area contributed by atoms with Crippen LogP contribution in [0.15, 0.2) is 54.6 Å². The van der Waals surface area contributed by atoms with Crippen LogP contribution in [-0.4, -0.2) is 29.6 Å². The number of piperidine rings is 1. The first kappa shape index (κ1) is 16.2. The second-order valence-corrected chi connectivity index (χ2v) is 6.61. The van der Waals surface area contributed by atoms with Crippen molar-refractivity contribution in [1.29, 1.82) is 0 Å². The summed E-state index contributed by atoms with van der Waals surface area (Å²) in [5.41, 5.74) is 3.66. The fraction of sp³-hybridized carbons (Fsp3) is 0.429. The topological polar surface area (TPSA) is 23.5 Å². The first-order valence-electron chi connectivity index (χ1n) is 8.84. The molecule has 1 aliphatic rings. The van der Waals surface area contributed by atoms with E-state index in [4.69, 9.17) is 0 Å². The second kappa shape index (κ2) is 8.28. The summed E-state index contributed by atoms with van der Waals surface area (Å²) < 4.78 is 0. The van der Waals surface area contributed by atoms with Crippen LogP contribution in [-0.2, 0) is 6.42 Å². The average molecular weight is 309 g/mol. The van der Waals surface area contributed by atoms with E-state index in [2.05, 4.69) is 53.4 Å². The number of likely N-dealkylation sites (tertiary alicyclic amines) is 1. The van der Waals surface area contributed by atoms with Gasteiger partial charge in [0.15, 0.2) is 0 Å². The molecule has 1 unspecified atom stereocenters. The van der Waals surface area contributed by atoms with Crippen LogP contribution < -0.4 is 0 Å². The van der Waals surface area contributed by atoms with Gasteiger partial charge in [0.25, 0.3) is 0 Å². The number of aliphatic hydroxyl groups is 1. The molecule has 2 heteroatoms. The maximum Gasteiger partial charge on any atom is 0.0802 e. The highest BCUT2D eigenvalue weighted by Crippen LogP contribution is 2.20. The lowest BCUT2D eigenvalue weighted by Gasteiger charge is -2.27. The van der Waals surface area contributed by atoms with Crippen molar-refractivity contribution in [2.24, 2.45) is 0 Å². The van der Waals surface area contributed by atoms with E-state index < -0.39 is 0 Å². The zero-order chi connectivity index (χ0) is 15.9. The lowest BCUT2D eigenvalue weighted by molar-refractivity contribution is 0.134. The highest BCUT2D eigenvalue weighted by Gasteiger charge is 2.13. The molecule has 1 aliphatic heterocycles. The second-order valence-electron chi connectivity index (χ2n) is 6.61. The molecule has 1 heterocycles. The molecule has 3 rings (SSSR count). The van der Waals surface area contributed by atoms with E-state index in [9.17, 15) is 5.11 Å². The highest BCUT2D eigenvalue weighted by atomic mass is 16.3. The van der Waals surface area contributed by atoms with Gasteiger partial charge in [0.1, 0.15) is 0 Å². The van der Waals surface area contributed by atoms with Crippen molar-refractivity contribution in [2.45, 2.75) is 38.2 Å². The normalized spacial score (nSPS) is 17.1. The van der Waals surface area contributed by atoms with E-state index >= 15 is 0 Å². The van der Waals surface area contributed by atoms with Crippen molar-refractivity contribution in [1.82, 2.24) is 4.90 Å². The summed E-state index contributed by atoms with van der Waals surface area (Å²) in [6.45, 7) is 3.40. The number of hydrogen-bond donors (Lipinski definition) is 1. The Morgan fingerprint density at radius 3 is 2.17 bits per heavy atom. The van der Waals surface area contributed by atoms with Crippen molar-refractivity contribution >= 4 is 0 Å². The molecule has 23 heavy (non-hydrogen) atoms. The van der Waals surface area contributed by atoms with Crippen molar-refractivity contribution in [3.8, 4) is 0 Å². The third-order valence-electron chi connectivity index (χ3n) is 4.78. The van der Waals surface area contributed by atoms with E-state index in [0.717, 1.165) is 24.9 Å². The summed E-state index contributed by atoms with van der Waals surface area (Å²) in [6, 6.07) is 19.0. The van der Waals surface area contributed by atoms with Crippen LogP contribution in [0.1, 0.15) is 48.5 Å². The number of hydrogen-bond acceptors (Lipinski definition) is 2. The van der Waals surface area contributed by atoms with E-state index in [1.54, 1.807) is 0 Å². The number of nitrogens with zero attached hydrogens (tertiary/aromatic N) is 1. The molecule has 2 aromatic carbocycles. The zero-order valence-electron chi connectivity index (χ0n) is 13.8. The van der Waals surface area contributed by atoms with Gasteiger partial charge in [-0.3, -0.25) is 0 Å².